The number of benzene rings is 1. The SMILES string of the molecule is Cc1nc(-c2ccc[n+](C)c2)sc1C(=O)/C=C/Nc1ccccc1. The number of carbonyl (C=O) groups excluding carboxylic acids is 1. The molecule has 5 heteroatoms. The highest BCUT2D eigenvalue weighted by molar-refractivity contribution is 7.17. The zero-order valence-electron chi connectivity index (χ0n) is 13.6. The maximum Gasteiger partial charge on any atom is 0.199 e. The summed E-state index contributed by atoms with van der Waals surface area (Å²) in [6, 6.07) is 13.7. The van der Waals surface area contributed by atoms with Crippen molar-refractivity contribution in [2.75, 3.05) is 5.32 Å². The molecule has 0 fully saturated rings. The van der Waals surface area contributed by atoms with Crippen LogP contribution in [0.15, 0.2) is 67.1 Å². The molecule has 0 aliphatic rings. The van der Waals surface area contributed by atoms with E-state index < -0.39 is 0 Å². The van der Waals surface area contributed by atoms with Crippen LogP contribution in [0, 0.1) is 6.92 Å². The Morgan fingerprint density at radius 2 is 2.00 bits per heavy atom. The van der Waals surface area contributed by atoms with Gasteiger partial charge >= 0.3 is 0 Å². The van der Waals surface area contributed by atoms with Gasteiger partial charge in [0.05, 0.1) is 16.1 Å². The first-order valence-corrected chi connectivity index (χ1v) is 8.41. The molecule has 3 aromatic rings. The van der Waals surface area contributed by atoms with E-state index in [0.717, 1.165) is 22.0 Å². The predicted molar refractivity (Wildman–Crippen MR) is 97.0 cm³/mol. The lowest BCUT2D eigenvalue weighted by molar-refractivity contribution is -0.671. The monoisotopic (exact) mass is 336 g/mol. The Kier molecular flexibility index (Phi) is 4.82. The third-order valence-corrected chi connectivity index (χ3v) is 4.69. The fraction of sp³-hybridized carbons (Fsp3) is 0.105. The molecule has 2 heterocycles. The first kappa shape index (κ1) is 16.1. The molecule has 0 aliphatic heterocycles. The van der Waals surface area contributed by atoms with Crippen LogP contribution in [-0.2, 0) is 7.05 Å². The van der Waals surface area contributed by atoms with Crippen molar-refractivity contribution in [1.29, 1.82) is 0 Å². The van der Waals surface area contributed by atoms with Crippen LogP contribution < -0.4 is 9.88 Å². The molecule has 4 nitrogen and oxygen atoms in total. The zero-order chi connectivity index (χ0) is 16.9. The third-order valence-electron chi connectivity index (χ3n) is 3.47. The van der Waals surface area contributed by atoms with Crippen molar-refractivity contribution in [2.45, 2.75) is 6.92 Å². The highest BCUT2D eigenvalue weighted by Crippen LogP contribution is 2.27. The molecule has 1 aromatic carbocycles. The smallest absolute Gasteiger partial charge is 0.199 e. The number of aryl methyl sites for hydroxylation is 2. The number of nitrogens with one attached hydrogen (secondary N) is 1. The van der Waals surface area contributed by atoms with Crippen molar-refractivity contribution in [3.8, 4) is 10.6 Å². The molecule has 1 N–H and O–H groups in total. The fourth-order valence-corrected chi connectivity index (χ4v) is 3.26. The molecule has 0 atom stereocenters. The van der Waals surface area contributed by atoms with Gasteiger partial charge in [0, 0.05) is 24.0 Å². The average Bonchev–Trinajstić information content (AvgIpc) is 2.98. The summed E-state index contributed by atoms with van der Waals surface area (Å²) in [5, 5.41) is 3.95. The maximum absolute atomic E-state index is 12.4. The van der Waals surface area contributed by atoms with E-state index in [0.29, 0.717) is 4.88 Å². The van der Waals surface area contributed by atoms with E-state index in [1.807, 2.05) is 73.4 Å². The van der Waals surface area contributed by atoms with E-state index in [2.05, 4.69) is 10.3 Å². The Morgan fingerprint density at radius 3 is 2.75 bits per heavy atom. The molecule has 0 bridgehead atoms. The van der Waals surface area contributed by atoms with Crippen molar-refractivity contribution in [2.24, 2.45) is 7.05 Å². The topological polar surface area (TPSA) is 45.9 Å². The van der Waals surface area contributed by atoms with Crippen LogP contribution in [0.25, 0.3) is 10.6 Å². The van der Waals surface area contributed by atoms with Gasteiger partial charge in [0.1, 0.15) is 12.1 Å². The number of ketones is 1. The Labute approximate surface area is 145 Å². The van der Waals surface area contributed by atoms with E-state index in [1.165, 1.54) is 11.3 Å². The van der Waals surface area contributed by atoms with Crippen LogP contribution in [0.1, 0.15) is 15.4 Å². The number of nitrogens with zero attached hydrogens (tertiary/aromatic N) is 2. The average molecular weight is 336 g/mol. The first-order valence-electron chi connectivity index (χ1n) is 7.59. The maximum atomic E-state index is 12.4. The van der Waals surface area contributed by atoms with E-state index in [4.69, 9.17) is 0 Å². The summed E-state index contributed by atoms with van der Waals surface area (Å²) in [5.41, 5.74) is 2.72. The van der Waals surface area contributed by atoms with E-state index in [-0.39, 0.29) is 5.78 Å². The lowest BCUT2D eigenvalue weighted by Gasteiger charge is -1.98. The number of pyridine rings is 1. The lowest BCUT2D eigenvalue weighted by atomic mass is 10.2. The van der Waals surface area contributed by atoms with Gasteiger partial charge in [-0.25, -0.2) is 9.55 Å². The fourth-order valence-electron chi connectivity index (χ4n) is 2.29. The number of hydrogen-bond donors (Lipinski definition) is 1. The normalized spacial score (nSPS) is 10.9. The van der Waals surface area contributed by atoms with E-state index in [9.17, 15) is 4.79 Å². The van der Waals surface area contributed by atoms with Gasteiger partial charge in [0.25, 0.3) is 0 Å². The van der Waals surface area contributed by atoms with E-state index in [1.54, 1.807) is 12.3 Å². The summed E-state index contributed by atoms with van der Waals surface area (Å²) < 4.78 is 1.97. The Morgan fingerprint density at radius 1 is 1.21 bits per heavy atom. The Balaban J connectivity index is 1.76. The second-order valence-electron chi connectivity index (χ2n) is 5.40. The summed E-state index contributed by atoms with van der Waals surface area (Å²) in [5.74, 6) is -0.0417. The molecule has 0 spiro atoms. The van der Waals surface area contributed by atoms with Gasteiger partial charge in [-0.2, -0.15) is 0 Å². The molecular formula is C19H18N3OS+. The van der Waals surface area contributed by atoms with Crippen LogP contribution in [0.5, 0.6) is 0 Å². The number of para-hydroxylation sites is 1. The number of hydrogen-bond acceptors (Lipinski definition) is 4. The molecule has 0 saturated heterocycles. The van der Waals surface area contributed by atoms with Crippen molar-refractivity contribution in [1.82, 2.24) is 4.98 Å². The summed E-state index contributed by atoms with van der Waals surface area (Å²) in [7, 11) is 1.97. The van der Waals surface area contributed by atoms with Gasteiger partial charge in [-0.3, -0.25) is 4.79 Å². The van der Waals surface area contributed by atoms with Gasteiger partial charge in [0.2, 0.25) is 0 Å². The molecule has 3 rings (SSSR count). The quantitative estimate of drug-likeness (QED) is 0.438. The van der Waals surface area contributed by atoms with Crippen LogP contribution in [-0.4, -0.2) is 10.8 Å². The van der Waals surface area contributed by atoms with Crippen LogP contribution in [0.3, 0.4) is 0 Å². The molecule has 24 heavy (non-hydrogen) atoms. The van der Waals surface area contributed by atoms with Crippen LogP contribution in [0.4, 0.5) is 5.69 Å². The Bertz CT molecular complexity index is 885. The summed E-state index contributed by atoms with van der Waals surface area (Å²) in [4.78, 5) is 17.6. The highest BCUT2D eigenvalue weighted by Gasteiger charge is 2.15. The third kappa shape index (κ3) is 3.75. The van der Waals surface area contributed by atoms with Crippen LogP contribution in [0.2, 0.25) is 0 Å². The highest BCUT2D eigenvalue weighted by atomic mass is 32.1. The number of thiazole rings is 1. The first-order chi connectivity index (χ1) is 11.6. The van der Waals surface area contributed by atoms with Gasteiger partial charge in [-0.15, -0.1) is 11.3 Å². The number of rotatable bonds is 5. The molecule has 0 radical (unpaired) electrons. The molecule has 2 aromatic heterocycles. The molecule has 0 unspecified atom stereocenters. The molecule has 0 saturated carbocycles. The van der Waals surface area contributed by atoms with Crippen molar-refractivity contribution in [3.63, 3.8) is 0 Å². The number of anilines is 1. The summed E-state index contributed by atoms with van der Waals surface area (Å²) in [6.07, 6.45) is 7.18. The second kappa shape index (κ2) is 7.19. The van der Waals surface area contributed by atoms with Gasteiger partial charge in [0.15, 0.2) is 18.2 Å². The van der Waals surface area contributed by atoms with Crippen molar-refractivity contribution in [3.05, 3.63) is 77.7 Å². The zero-order valence-corrected chi connectivity index (χ0v) is 14.4. The lowest BCUT2D eigenvalue weighted by Crippen LogP contribution is -2.26. The largest absolute Gasteiger partial charge is 0.362 e. The molecule has 120 valence electrons. The van der Waals surface area contributed by atoms with Gasteiger partial charge in [-0.05, 0) is 25.1 Å². The minimum atomic E-state index is -0.0417. The Hall–Kier alpha value is -2.79. The standard InChI is InChI=1S/C19H17N3OS/c1-14-18(17(23)10-11-20-16-8-4-3-5-9-16)24-19(21-14)15-7-6-12-22(2)13-15/h3-13H,1-2H3/p+1. The van der Waals surface area contributed by atoms with E-state index >= 15 is 0 Å². The number of carbonyl (C=O) groups is 1. The van der Waals surface area contributed by atoms with Crippen LogP contribution >= 0.6 is 11.3 Å². The van der Waals surface area contributed by atoms with Crippen molar-refractivity contribution >= 4 is 22.8 Å². The van der Waals surface area contributed by atoms with Gasteiger partial charge < -0.3 is 5.32 Å². The number of aromatic nitrogens is 2. The summed E-state index contributed by atoms with van der Waals surface area (Å²) >= 11 is 1.42. The molecule has 0 amide bonds. The van der Waals surface area contributed by atoms with Crippen molar-refractivity contribution < 1.29 is 9.36 Å². The predicted octanol–water partition coefficient (Wildman–Crippen LogP) is 3.75. The minimum Gasteiger partial charge on any atom is -0.362 e. The molecular weight excluding hydrogens is 318 g/mol. The number of allylic oxidation sites excluding steroid dienone is 1. The minimum absolute atomic E-state index is 0.0417. The summed E-state index contributed by atoms with van der Waals surface area (Å²) in [6.45, 7) is 1.87. The second-order valence-corrected chi connectivity index (χ2v) is 6.40. The van der Waals surface area contributed by atoms with Gasteiger partial charge in [-0.1, -0.05) is 18.2 Å². The molecule has 0 aliphatic carbocycles.